The van der Waals surface area contributed by atoms with Crippen LogP contribution < -0.4 is 0 Å². The summed E-state index contributed by atoms with van der Waals surface area (Å²) in [6.45, 7) is 0. The molecule has 5 heteroatoms. The molecule has 4 nitrogen and oxygen atoms in total. The molecule has 0 aliphatic heterocycles. The maximum atomic E-state index is 10.9. The minimum absolute atomic E-state index is 0.528. The Hall–Kier alpha value is -2.20. The minimum Gasteiger partial charge on any atom is -0.298 e. The number of nitrogens with zero attached hydrogens (tertiary/aromatic N) is 3. The van der Waals surface area contributed by atoms with Crippen LogP contribution in [0.2, 0.25) is 5.02 Å². The first kappa shape index (κ1) is 11.9. The van der Waals surface area contributed by atoms with E-state index < -0.39 is 0 Å². The number of pyridine rings is 1. The zero-order valence-corrected chi connectivity index (χ0v) is 10.7. The quantitative estimate of drug-likeness (QED) is 0.688. The van der Waals surface area contributed by atoms with Gasteiger partial charge in [-0.3, -0.25) is 4.79 Å². The Kier molecular flexibility index (Phi) is 3.01. The fraction of sp³-hybridized carbons (Fsp3) is 0.0714. The fourth-order valence-electron chi connectivity index (χ4n) is 1.95. The van der Waals surface area contributed by atoms with Gasteiger partial charge in [0.05, 0.1) is 5.56 Å². The zero-order valence-electron chi connectivity index (χ0n) is 9.95. The third-order valence-corrected chi connectivity index (χ3v) is 3.24. The molecule has 19 heavy (non-hydrogen) atoms. The molecule has 1 aromatic carbocycles. The van der Waals surface area contributed by atoms with Crippen LogP contribution in [0, 0.1) is 0 Å². The number of hydrogen-bond acceptors (Lipinski definition) is 3. The van der Waals surface area contributed by atoms with Crippen LogP contribution in [0.25, 0.3) is 5.65 Å². The van der Waals surface area contributed by atoms with Crippen LogP contribution in [-0.2, 0) is 6.42 Å². The Balaban J connectivity index is 2.03. The fourth-order valence-corrected chi connectivity index (χ4v) is 2.15. The molecule has 0 saturated heterocycles. The minimum atomic E-state index is 0.528. The van der Waals surface area contributed by atoms with Gasteiger partial charge in [0.15, 0.2) is 17.8 Å². The predicted molar refractivity (Wildman–Crippen MR) is 72.6 cm³/mol. The van der Waals surface area contributed by atoms with Crippen molar-refractivity contribution in [1.82, 2.24) is 14.6 Å². The molecule has 0 aliphatic carbocycles. The molecule has 0 aliphatic rings. The molecule has 0 fully saturated rings. The van der Waals surface area contributed by atoms with Crippen LogP contribution >= 0.6 is 11.6 Å². The van der Waals surface area contributed by atoms with Gasteiger partial charge in [-0.25, -0.2) is 9.50 Å². The van der Waals surface area contributed by atoms with Crippen LogP contribution in [0.4, 0.5) is 0 Å². The lowest BCUT2D eigenvalue weighted by molar-refractivity contribution is 0.112. The van der Waals surface area contributed by atoms with E-state index >= 15 is 0 Å². The molecule has 2 heterocycles. The van der Waals surface area contributed by atoms with Gasteiger partial charge in [0.25, 0.3) is 0 Å². The van der Waals surface area contributed by atoms with Gasteiger partial charge in [0.2, 0.25) is 0 Å². The molecule has 0 unspecified atom stereocenters. The van der Waals surface area contributed by atoms with Gasteiger partial charge >= 0.3 is 0 Å². The molecular weight excluding hydrogens is 262 g/mol. The smallest absolute Gasteiger partial charge is 0.166 e. The van der Waals surface area contributed by atoms with Gasteiger partial charge in [-0.05, 0) is 23.8 Å². The van der Waals surface area contributed by atoms with E-state index in [1.54, 1.807) is 22.8 Å². The number of aldehydes is 1. The molecule has 0 N–H and O–H groups in total. The summed E-state index contributed by atoms with van der Waals surface area (Å²) < 4.78 is 1.61. The van der Waals surface area contributed by atoms with E-state index in [-0.39, 0.29) is 0 Å². The molecule has 3 rings (SSSR count). The largest absolute Gasteiger partial charge is 0.298 e. The number of halogens is 1. The number of fused-ring (bicyclic) bond motifs is 1. The monoisotopic (exact) mass is 271 g/mol. The van der Waals surface area contributed by atoms with E-state index in [0.717, 1.165) is 11.8 Å². The van der Waals surface area contributed by atoms with E-state index in [9.17, 15) is 4.79 Å². The van der Waals surface area contributed by atoms with Gasteiger partial charge in [0.1, 0.15) is 0 Å². The van der Waals surface area contributed by atoms with Crippen molar-refractivity contribution in [3.63, 3.8) is 0 Å². The van der Waals surface area contributed by atoms with Crippen molar-refractivity contribution in [2.24, 2.45) is 0 Å². The summed E-state index contributed by atoms with van der Waals surface area (Å²) >= 11 is 6.11. The Labute approximate surface area is 114 Å². The summed E-state index contributed by atoms with van der Waals surface area (Å²) in [6.07, 6.45) is 3.09. The van der Waals surface area contributed by atoms with Gasteiger partial charge in [0, 0.05) is 17.6 Å². The Morgan fingerprint density at radius 2 is 2.05 bits per heavy atom. The SMILES string of the molecule is O=Cc1cccn2nc(Cc3ccccc3Cl)nc12. The van der Waals surface area contributed by atoms with Crippen molar-refractivity contribution < 1.29 is 4.79 Å². The van der Waals surface area contributed by atoms with Crippen LogP contribution in [-0.4, -0.2) is 20.9 Å². The van der Waals surface area contributed by atoms with Crippen molar-refractivity contribution in [2.75, 3.05) is 0 Å². The number of benzene rings is 1. The summed E-state index contributed by atoms with van der Waals surface area (Å²) in [5.41, 5.74) is 2.06. The average molecular weight is 272 g/mol. The lowest BCUT2D eigenvalue weighted by Crippen LogP contribution is -1.92. The lowest BCUT2D eigenvalue weighted by atomic mass is 10.1. The van der Waals surface area contributed by atoms with Crippen LogP contribution in [0.5, 0.6) is 0 Å². The van der Waals surface area contributed by atoms with Gasteiger partial charge in [-0.2, -0.15) is 5.10 Å². The normalized spacial score (nSPS) is 10.8. The summed E-state index contributed by atoms with van der Waals surface area (Å²) in [5, 5.41) is 5.04. The van der Waals surface area contributed by atoms with Crippen LogP contribution in [0.3, 0.4) is 0 Å². The van der Waals surface area contributed by atoms with Crippen molar-refractivity contribution in [2.45, 2.75) is 6.42 Å². The second-order valence-corrected chi connectivity index (χ2v) is 4.55. The van der Waals surface area contributed by atoms with Gasteiger partial charge in [-0.15, -0.1) is 0 Å². The summed E-state index contributed by atoms with van der Waals surface area (Å²) in [7, 11) is 0. The molecule has 3 aromatic rings. The predicted octanol–water partition coefficient (Wildman–Crippen LogP) is 2.79. The highest BCUT2D eigenvalue weighted by atomic mass is 35.5. The van der Waals surface area contributed by atoms with E-state index in [1.807, 2.05) is 24.3 Å². The van der Waals surface area contributed by atoms with Gasteiger partial charge in [-0.1, -0.05) is 29.8 Å². The second kappa shape index (κ2) is 4.82. The van der Waals surface area contributed by atoms with E-state index in [2.05, 4.69) is 10.1 Å². The first-order chi connectivity index (χ1) is 9.28. The highest BCUT2D eigenvalue weighted by molar-refractivity contribution is 6.31. The third kappa shape index (κ3) is 2.22. The molecule has 0 atom stereocenters. The number of carbonyl (C=O) groups is 1. The second-order valence-electron chi connectivity index (χ2n) is 4.15. The standard InChI is InChI=1S/C14H10ClN3O/c15-12-6-2-1-4-10(12)8-13-16-14-11(9-19)5-3-7-18(14)17-13/h1-7,9H,8H2. The highest BCUT2D eigenvalue weighted by Gasteiger charge is 2.09. The molecule has 0 bridgehead atoms. The number of hydrogen-bond donors (Lipinski definition) is 0. The van der Waals surface area contributed by atoms with Crippen molar-refractivity contribution in [3.05, 3.63) is 64.6 Å². The van der Waals surface area contributed by atoms with Crippen molar-refractivity contribution in [1.29, 1.82) is 0 Å². The third-order valence-electron chi connectivity index (χ3n) is 2.87. The van der Waals surface area contributed by atoms with Crippen molar-refractivity contribution >= 4 is 23.5 Å². The average Bonchev–Trinajstić information content (AvgIpc) is 2.83. The van der Waals surface area contributed by atoms with E-state index in [1.165, 1.54) is 0 Å². The Morgan fingerprint density at radius 1 is 1.21 bits per heavy atom. The Morgan fingerprint density at radius 3 is 2.84 bits per heavy atom. The molecule has 2 aromatic heterocycles. The summed E-state index contributed by atoms with van der Waals surface area (Å²) in [5.74, 6) is 0.641. The number of carbonyl (C=O) groups excluding carboxylic acids is 1. The van der Waals surface area contributed by atoms with E-state index in [4.69, 9.17) is 11.6 Å². The molecule has 0 saturated carbocycles. The number of aromatic nitrogens is 3. The molecule has 0 spiro atoms. The topological polar surface area (TPSA) is 47.3 Å². The van der Waals surface area contributed by atoms with E-state index in [0.29, 0.717) is 28.5 Å². The lowest BCUT2D eigenvalue weighted by Gasteiger charge is -1.99. The molecule has 94 valence electrons. The van der Waals surface area contributed by atoms with Crippen LogP contribution in [0.15, 0.2) is 42.6 Å². The molecular formula is C14H10ClN3O. The first-order valence-corrected chi connectivity index (χ1v) is 6.18. The summed E-state index contributed by atoms with van der Waals surface area (Å²) in [4.78, 5) is 15.3. The molecule has 0 amide bonds. The van der Waals surface area contributed by atoms with Crippen molar-refractivity contribution in [3.8, 4) is 0 Å². The van der Waals surface area contributed by atoms with Gasteiger partial charge < -0.3 is 0 Å². The maximum absolute atomic E-state index is 10.9. The highest BCUT2D eigenvalue weighted by Crippen LogP contribution is 2.18. The maximum Gasteiger partial charge on any atom is 0.166 e. The summed E-state index contributed by atoms with van der Waals surface area (Å²) in [6, 6.07) is 11.1. The first-order valence-electron chi connectivity index (χ1n) is 5.81. The number of rotatable bonds is 3. The Bertz CT molecular complexity index is 751. The van der Waals surface area contributed by atoms with Crippen LogP contribution in [0.1, 0.15) is 21.7 Å². The molecule has 0 radical (unpaired) electrons. The zero-order chi connectivity index (χ0) is 13.2.